The molecule has 1 amide bonds. The number of nitro groups is 1. The van der Waals surface area contributed by atoms with Crippen molar-refractivity contribution in [3.63, 3.8) is 0 Å². The number of ether oxygens (including phenoxy) is 1. The minimum absolute atomic E-state index is 0.169. The smallest absolute Gasteiger partial charge is 0.416 e. The highest BCUT2D eigenvalue weighted by Gasteiger charge is 2.43. The number of carboxylic acid groups (broad SMARTS) is 1. The average molecular weight is 495 g/mol. The molecule has 188 valence electrons. The Bertz CT molecular complexity index is 1110. The maximum Gasteiger partial charge on any atom is 0.416 e. The predicted octanol–water partition coefficient (Wildman–Crippen LogP) is 3.73. The van der Waals surface area contributed by atoms with Gasteiger partial charge in [-0.1, -0.05) is 24.3 Å². The Labute approximate surface area is 198 Å². The van der Waals surface area contributed by atoms with Crippen LogP contribution in [-0.4, -0.2) is 73.3 Å². The molecule has 3 heterocycles. The van der Waals surface area contributed by atoms with Gasteiger partial charge in [0.25, 0.3) is 0 Å². The van der Waals surface area contributed by atoms with E-state index in [0.29, 0.717) is 38.2 Å². The lowest BCUT2D eigenvalue weighted by atomic mass is 10.0. The van der Waals surface area contributed by atoms with Crippen molar-refractivity contribution in [2.75, 3.05) is 26.2 Å². The molecule has 0 unspecified atom stereocenters. The summed E-state index contributed by atoms with van der Waals surface area (Å²) in [4.78, 5) is 29.2. The Morgan fingerprint density at radius 3 is 2.66 bits per heavy atom. The third kappa shape index (κ3) is 5.56. The Hall–Kier alpha value is -3.61. The van der Waals surface area contributed by atoms with Gasteiger partial charge in [-0.3, -0.25) is 9.47 Å². The first-order valence-electron chi connectivity index (χ1n) is 10.9. The number of alkyl halides is 3. The number of rotatable bonds is 6. The van der Waals surface area contributed by atoms with Gasteiger partial charge < -0.3 is 24.9 Å². The van der Waals surface area contributed by atoms with Crippen LogP contribution < -0.4 is 4.74 Å². The molecule has 0 bridgehead atoms. The van der Waals surface area contributed by atoms with E-state index in [1.807, 2.05) is 13.0 Å². The fourth-order valence-corrected chi connectivity index (χ4v) is 4.44. The molecule has 1 N–H and O–H groups in total. The van der Waals surface area contributed by atoms with Crippen LogP contribution in [0, 0.1) is 10.1 Å². The summed E-state index contributed by atoms with van der Waals surface area (Å²) in [7, 11) is 0. The third-order valence-electron chi connectivity index (χ3n) is 6.13. The topological polar surface area (TPSA) is 114 Å². The summed E-state index contributed by atoms with van der Waals surface area (Å²) < 4.78 is 45.8. The number of fused-ring (bicyclic) bond motifs is 1. The van der Waals surface area contributed by atoms with Crippen molar-refractivity contribution in [3.8, 4) is 6.01 Å². The lowest BCUT2D eigenvalue weighted by Crippen LogP contribution is -2.58. The quantitative estimate of drug-likeness (QED) is 0.480. The van der Waals surface area contributed by atoms with Crippen LogP contribution in [-0.2, 0) is 12.7 Å². The molecule has 0 saturated carbocycles. The van der Waals surface area contributed by atoms with Crippen LogP contribution in [0.25, 0.3) is 6.08 Å². The number of hydrogen-bond acceptors (Lipinski definition) is 6. The van der Waals surface area contributed by atoms with Crippen LogP contribution in [0.5, 0.6) is 6.01 Å². The minimum atomic E-state index is -4.40. The summed E-state index contributed by atoms with van der Waals surface area (Å²) in [6, 6.07) is 4.79. The highest BCUT2D eigenvalue weighted by molar-refractivity contribution is 5.65. The number of aromatic nitrogens is 2. The van der Waals surface area contributed by atoms with E-state index in [1.54, 1.807) is 10.6 Å². The van der Waals surface area contributed by atoms with Gasteiger partial charge in [-0.05, 0) is 36.0 Å². The Balaban J connectivity index is 1.43. The molecule has 1 fully saturated rings. The Kier molecular flexibility index (Phi) is 6.45. The van der Waals surface area contributed by atoms with E-state index in [-0.39, 0.29) is 24.4 Å². The molecule has 35 heavy (non-hydrogen) atoms. The molecule has 2 aromatic rings. The number of benzene rings is 1. The largest absolute Gasteiger partial charge is 0.465 e. The zero-order valence-corrected chi connectivity index (χ0v) is 18.8. The zero-order chi connectivity index (χ0) is 25.4. The lowest BCUT2D eigenvalue weighted by Gasteiger charge is -2.42. The van der Waals surface area contributed by atoms with Crippen LogP contribution in [0.2, 0.25) is 0 Å². The van der Waals surface area contributed by atoms with Gasteiger partial charge in [0.05, 0.1) is 12.1 Å². The van der Waals surface area contributed by atoms with E-state index in [0.717, 1.165) is 12.1 Å². The van der Waals surface area contributed by atoms with Crippen LogP contribution >= 0.6 is 0 Å². The van der Waals surface area contributed by atoms with E-state index in [2.05, 4.69) is 9.88 Å². The van der Waals surface area contributed by atoms with Gasteiger partial charge in [0, 0.05) is 37.2 Å². The molecular formula is C22H24F3N5O5. The predicted molar refractivity (Wildman–Crippen MR) is 118 cm³/mol. The number of halogens is 3. The van der Waals surface area contributed by atoms with Crippen molar-refractivity contribution in [2.24, 2.45) is 0 Å². The van der Waals surface area contributed by atoms with Gasteiger partial charge in [0.2, 0.25) is 0 Å². The molecule has 0 aliphatic carbocycles. The highest BCUT2D eigenvalue weighted by Crippen LogP contribution is 2.33. The summed E-state index contributed by atoms with van der Waals surface area (Å²) in [6.07, 6.45) is -0.0924. The van der Waals surface area contributed by atoms with E-state index in [9.17, 15) is 33.2 Å². The van der Waals surface area contributed by atoms with Gasteiger partial charge in [0.1, 0.15) is 11.8 Å². The van der Waals surface area contributed by atoms with Crippen molar-refractivity contribution in [3.05, 3.63) is 57.8 Å². The molecule has 1 aromatic heterocycles. The van der Waals surface area contributed by atoms with Crippen molar-refractivity contribution >= 4 is 18.0 Å². The second-order valence-corrected chi connectivity index (χ2v) is 8.93. The van der Waals surface area contributed by atoms with Crippen LogP contribution in [0.15, 0.2) is 36.5 Å². The van der Waals surface area contributed by atoms with Crippen molar-refractivity contribution in [1.82, 2.24) is 19.4 Å². The van der Waals surface area contributed by atoms with Gasteiger partial charge >= 0.3 is 24.1 Å². The summed E-state index contributed by atoms with van der Waals surface area (Å²) >= 11 is 0. The number of amides is 1. The van der Waals surface area contributed by atoms with E-state index < -0.39 is 28.4 Å². The number of hydrogen-bond donors (Lipinski definition) is 1. The highest BCUT2D eigenvalue weighted by atomic mass is 19.4. The first kappa shape index (κ1) is 24.5. The standard InChI is InChI=1S/C22H24F3N5O5/c1-21(14-29-12-18(30(33)34)26-19(29)35-21)13-28-10-9-27(20(31)32)11-17(28)4-2-3-15-5-7-16(8-6-15)22(23,24)25/h2-3,5-8,12,17H,4,9-11,13-14H2,1H3,(H,31,32)/t17-,21-/m0/s1. The summed E-state index contributed by atoms with van der Waals surface area (Å²) in [5.74, 6) is -0.289. The second-order valence-electron chi connectivity index (χ2n) is 8.93. The molecule has 0 spiro atoms. The maximum absolute atomic E-state index is 12.8. The van der Waals surface area contributed by atoms with Gasteiger partial charge in [-0.25, -0.2) is 4.79 Å². The molecule has 4 rings (SSSR count). The fraction of sp³-hybridized carbons (Fsp3) is 0.455. The van der Waals surface area contributed by atoms with Crippen molar-refractivity contribution in [1.29, 1.82) is 0 Å². The molecule has 1 aromatic carbocycles. The fourth-order valence-electron chi connectivity index (χ4n) is 4.44. The molecule has 2 aliphatic rings. The Morgan fingerprint density at radius 1 is 1.34 bits per heavy atom. The van der Waals surface area contributed by atoms with E-state index in [4.69, 9.17) is 4.74 Å². The Morgan fingerprint density at radius 2 is 2.06 bits per heavy atom. The molecule has 2 aliphatic heterocycles. The molecule has 2 atom stereocenters. The average Bonchev–Trinajstić information content (AvgIpc) is 3.29. The molecule has 0 radical (unpaired) electrons. The summed E-state index contributed by atoms with van der Waals surface area (Å²) in [5.41, 5.74) is -0.827. The lowest BCUT2D eigenvalue weighted by molar-refractivity contribution is -0.389. The molecule has 1 saturated heterocycles. The van der Waals surface area contributed by atoms with Crippen LogP contribution in [0.1, 0.15) is 24.5 Å². The van der Waals surface area contributed by atoms with E-state index >= 15 is 0 Å². The number of imidazole rings is 1. The number of carbonyl (C=O) groups is 1. The first-order valence-corrected chi connectivity index (χ1v) is 10.9. The normalized spacial score (nSPS) is 22.9. The zero-order valence-electron chi connectivity index (χ0n) is 18.8. The maximum atomic E-state index is 12.8. The molecular weight excluding hydrogens is 471 g/mol. The minimum Gasteiger partial charge on any atom is -0.465 e. The number of piperazine rings is 1. The SMILES string of the molecule is C[C@]1(CN2CCN(C(=O)O)C[C@@H]2CC=Cc2ccc(C(F)(F)F)cc2)Cn2cc([N+](=O)[O-])nc2O1. The van der Waals surface area contributed by atoms with Crippen LogP contribution in [0.4, 0.5) is 23.8 Å². The van der Waals surface area contributed by atoms with E-state index in [1.165, 1.54) is 23.2 Å². The summed E-state index contributed by atoms with van der Waals surface area (Å²) in [5, 5.41) is 20.4. The monoisotopic (exact) mass is 495 g/mol. The molecule has 10 nitrogen and oxygen atoms in total. The van der Waals surface area contributed by atoms with Crippen molar-refractivity contribution in [2.45, 2.75) is 37.7 Å². The molecule has 13 heteroatoms. The second kappa shape index (κ2) is 9.21. The van der Waals surface area contributed by atoms with Gasteiger partial charge in [-0.2, -0.15) is 13.2 Å². The van der Waals surface area contributed by atoms with Gasteiger partial charge in [0.15, 0.2) is 0 Å². The first-order chi connectivity index (χ1) is 16.4. The van der Waals surface area contributed by atoms with Crippen molar-refractivity contribution < 1.29 is 32.7 Å². The van der Waals surface area contributed by atoms with Gasteiger partial charge in [-0.15, -0.1) is 0 Å². The number of nitrogens with zero attached hydrogens (tertiary/aromatic N) is 5. The van der Waals surface area contributed by atoms with Crippen LogP contribution in [0.3, 0.4) is 0 Å². The summed E-state index contributed by atoms with van der Waals surface area (Å²) in [6.45, 7) is 3.71. The third-order valence-corrected chi connectivity index (χ3v) is 6.13.